The Labute approximate surface area is 156 Å². The molecular weight excluding hydrogens is 374 g/mol. The van der Waals surface area contributed by atoms with Crippen LogP contribution in [0.25, 0.3) is 0 Å². The molecule has 0 aliphatic carbocycles. The zero-order valence-corrected chi connectivity index (χ0v) is 16.1. The van der Waals surface area contributed by atoms with Gasteiger partial charge in [-0.15, -0.1) is 11.3 Å². The van der Waals surface area contributed by atoms with Crippen LogP contribution in [-0.4, -0.2) is 61.4 Å². The maximum atomic E-state index is 12.9. The molecule has 1 N–H and O–H groups in total. The highest BCUT2D eigenvalue weighted by molar-refractivity contribution is 7.89. The fourth-order valence-electron chi connectivity index (χ4n) is 3.52. The van der Waals surface area contributed by atoms with Gasteiger partial charge in [-0.2, -0.15) is 4.31 Å². The predicted octanol–water partition coefficient (Wildman–Crippen LogP) is 1.86. The molecule has 0 bridgehead atoms. The van der Waals surface area contributed by atoms with E-state index in [1.165, 1.54) is 27.0 Å². The standard InChI is InChI=1S/C17H21N3O4S2/c1-12-14-3-9-25-16(14)2-4-20(12)17(21)15-10-13(11-18-15)26(22,23)19-5-7-24-8-6-19/h3,9-12,18H,2,4-8H2,1H3. The number of H-pyrrole nitrogens is 1. The van der Waals surface area contributed by atoms with Crippen molar-refractivity contribution >= 4 is 27.3 Å². The Balaban J connectivity index is 1.55. The number of ether oxygens (including phenoxy) is 1. The van der Waals surface area contributed by atoms with Crippen molar-refractivity contribution < 1.29 is 17.9 Å². The van der Waals surface area contributed by atoms with E-state index >= 15 is 0 Å². The number of hydrogen-bond acceptors (Lipinski definition) is 5. The van der Waals surface area contributed by atoms with Crippen molar-refractivity contribution in [3.8, 4) is 0 Å². The number of aromatic nitrogens is 1. The molecule has 2 aromatic rings. The van der Waals surface area contributed by atoms with Crippen LogP contribution in [0.4, 0.5) is 0 Å². The molecule has 4 heterocycles. The van der Waals surface area contributed by atoms with Crippen LogP contribution >= 0.6 is 11.3 Å². The van der Waals surface area contributed by atoms with E-state index in [4.69, 9.17) is 4.74 Å². The average Bonchev–Trinajstić information content (AvgIpc) is 3.32. The van der Waals surface area contributed by atoms with E-state index in [1.807, 2.05) is 6.92 Å². The quantitative estimate of drug-likeness (QED) is 0.860. The summed E-state index contributed by atoms with van der Waals surface area (Å²) in [5.74, 6) is -0.169. The van der Waals surface area contributed by atoms with Gasteiger partial charge in [-0.25, -0.2) is 8.42 Å². The Hall–Kier alpha value is -1.68. The smallest absolute Gasteiger partial charge is 0.270 e. The molecule has 2 aliphatic heterocycles. The summed E-state index contributed by atoms with van der Waals surface area (Å²) in [5.41, 5.74) is 1.49. The Kier molecular flexibility index (Phi) is 4.64. The summed E-state index contributed by atoms with van der Waals surface area (Å²) in [6.45, 7) is 4.10. The van der Waals surface area contributed by atoms with Gasteiger partial charge in [0.15, 0.2) is 0 Å². The van der Waals surface area contributed by atoms with Gasteiger partial charge in [-0.3, -0.25) is 4.79 Å². The number of carbonyl (C=O) groups excluding carboxylic acids is 1. The summed E-state index contributed by atoms with van der Waals surface area (Å²) < 4.78 is 32.1. The van der Waals surface area contributed by atoms with Crippen LogP contribution in [0.5, 0.6) is 0 Å². The molecule has 140 valence electrons. The Morgan fingerprint density at radius 1 is 1.31 bits per heavy atom. The van der Waals surface area contributed by atoms with E-state index in [-0.39, 0.29) is 16.8 Å². The Morgan fingerprint density at radius 3 is 2.85 bits per heavy atom. The summed E-state index contributed by atoms with van der Waals surface area (Å²) in [5, 5.41) is 2.05. The van der Waals surface area contributed by atoms with Crippen molar-refractivity contribution in [2.75, 3.05) is 32.8 Å². The maximum Gasteiger partial charge on any atom is 0.270 e. The molecule has 1 unspecified atom stereocenters. The normalized spacial score (nSPS) is 21.6. The van der Waals surface area contributed by atoms with E-state index in [2.05, 4.69) is 16.4 Å². The number of amides is 1. The van der Waals surface area contributed by atoms with Gasteiger partial charge in [0.25, 0.3) is 5.91 Å². The lowest BCUT2D eigenvalue weighted by Crippen LogP contribution is -2.40. The minimum Gasteiger partial charge on any atom is -0.379 e. The maximum absolute atomic E-state index is 12.9. The molecule has 0 spiro atoms. The molecule has 7 nitrogen and oxygen atoms in total. The second-order valence-electron chi connectivity index (χ2n) is 6.49. The number of nitrogens with zero attached hydrogens (tertiary/aromatic N) is 2. The van der Waals surface area contributed by atoms with Gasteiger partial charge in [-0.1, -0.05) is 0 Å². The monoisotopic (exact) mass is 395 g/mol. The lowest BCUT2D eigenvalue weighted by atomic mass is 10.0. The van der Waals surface area contributed by atoms with Gasteiger partial charge in [0.2, 0.25) is 10.0 Å². The number of fused-ring (bicyclic) bond motifs is 1. The van der Waals surface area contributed by atoms with Crippen LogP contribution < -0.4 is 0 Å². The van der Waals surface area contributed by atoms with E-state index in [0.717, 1.165) is 6.42 Å². The van der Waals surface area contributed by atoms with Crippen molar-refractivity contribution in [1.82, 2.24) is 14.2 Å². The largest absolute Gasteiger partial charge is 0.379 e. The fourth-order valence-corrected chi connectivity index (χ4v) is 5.89. The molecule has 4 rings (SSSR count). The molecule has 26 heavy (non-hydrogen) atoms. The number of nitrogens with one attached hydrogen (secondary N) is 1. The number of carbonyl (C=O) groups is 1. The third-order valence-corrected chi connectivity index (χ3v) is 7.91. The van der Waals surface area contributed by atoms with Gasteiger partial charge < -0.3 is 14.6 Å². The van der Waals surface area contributed by atoms with Crippen LogP contribution in [0.15, 0.2) is 28.6 Å². The van der Waals surface area contributed by atoms with Crippen LogP contribution in [0.3, 0.4) is 0 Å². The minimum absolute atomic E-state index is 0.0138. The van der Waals surface area contributed by atoms with Crippen LogP contribution in [0.1, 0.15) is 33.9 Å². The van der Waals surface area contributed by atoms with Crippen molar-refractivity contribution in [2.24, 2.45) is 0 Å². The molecule has 2 aliphatic rings. The molecule has 1 saturated heterocycles. The number of aromatic amines is 1. The highest BCUT2D eigenvalue weighted by Gasteiger charge is 2.32. The van der Waals surface area contributed by atoms with Crippen molar-refractivity contribution in [2.45, 2.75) is 24.3 Å². The van der Waals surface area contributed by atoms with Crippen LogP contribution in [0, 0.1) is 0 Å². The number of rotatable bonds is 3. The zero-order valence-electron chi connectivity index (χ0n) is 14.5. The molecule has 2 aromatic heterocycles. The third kappa shape index (κ3) is 2.98. The fraction of sp³-hybridized carbons (Fsp3) is 0.471. The highest BCUT2D eigenvalue weighted by Crippen LogP contribution is 2.33. The first kappa shape index (κ1) is 17.7. The van der Waals surface area contributed by atoms with Gasteiger partial charge in [0.05, 0.1) is 19.3 Å². The molecule has 0 aromatic carbocycles. The number of hydrogen-bond donors (Lipinski definition) is 1. The van der Waals surface area contributed by atoms with Crippen molar-refractivity contribution in [3.05, 3.63) is 39.8 Å². The SMILES string of the molecule is CC1c2ccsc2CCN1C(=O)c1cc(S(=O)(=O)N2CCOCC2)c[nH]1. The summed E-state index contributed by atoms with van der Waals surface area (Å²) >= 11 is 1.72. The average molecular weight is 396 g/mol. The van der Waals surface area contributed by atoms with E-state index in [0.29, 0.717) is 38.5 Å². The third-order valence-electron chi connectivity index (χ3n) is 5.03. The molecule has 9 heteroatoms. The molecule has 0 radical (unpaired) electrons. The van der Waals surface area contributed by atoms with Gasteiger partial charge in [0.1, 0.15) is 10.6 Å². The van der Waals surface area contributed by atoms with Crippen molar-refractivity contribution in [1.29, 1.82) is 0 Å². The van der Waals surface area contributed by atoms with Gasteiger partial charge >= 0.3 is 0 Å². The lowest BCUT2D eigenvalue weighted by Gasteiger charge is -2.33. The summed E-state index contributed by atoms with van der Waals surface area (Å²) in [6.07, 6.45) is 2.24. The predicted molar refractivity (Wildman–Crippen MR) is 97.8 cm³/mol. The zero-order chi connectivity index (χ0) is 18.3. The second-order valence-corrected chi connectivity index (χ2v) is 9.43. The highest BCUT2D eigenvalue weighted by atomic mass is 32.2. The molecule has 1 atom stereocenters. The van der Waals surface area contributed by atoms with E-state index in [1.54, 1.807) is 16.2 Å². The first-order valence-corrected chi connectivity index (χ1v) is 10.9. The summed E-state index contributed by atoms with van der Waals surface area (Å²) in [4.78, 5) is 19.0. The lowest BCUT2D eigenvalue weighted by molar-refractivity contribution is 0.0674. The van der Waals surface area contributed by atoms with E-state index < -0.39 is 10.0 Å². The van der Waals surface area contributed by atoms with Crippen LogP contribution in [-0.2, 0) is 21.2 Å². The van der Waals surface area contributed by atoms with Gasteiger partial charge in [-0.05, 0) is 36.4 Å². The molecular formula is C17H21N3O4S2. The first-order chi connectivity index (χ1) is 12.5. The topological polar surface area (TPSA) is 82.7 Å². The number of morpholine rings is 1. The van der Waals surface area contributed by atoms with Crippen molar-refractivity contribution in [3.63, 3.8) is 0 Å². The second kappa shape index (κ2) is 6.80. The first-order valence-electron chi connectivity index (χ1n) is 8.62. The number of sulfonamides is 1. The van der Waals surface area contributed by atoms with Crippen LogP contribution in [0.2, 0.25) is 0 Å². The Morgan fingerprint density at radius 2 is 2.08 bits per heavy atom. The molecule has 1 fully saturated rings. The Bertz CT molecular complexity index is 912. The minimum atomic E-state index is -3.61. The van der Waals surface area contributed by atoms with Gasteiger partial charge in [0, 0.05) is 30.7 Å². The molecule has 0 saturated carbocycles. The van der Waals surface area contributed by atoms with E-state index in [9.17, 15) is 13.2 Å². The summed E-state index contributed by atoms with van der Waals surface area (Å²) in [6, 6.07) is 3.50. The number of thiophene rings is 1. The summed E-state index contributed by atoms with van der Waals surface area (Å²) in [7, 11) is -3.61. The molecule has 1 amide bonds.